The van der Waals surface area contributed by atoms with Crippen LogP contribution in [-0.4, -0.2) is 76.6 Å². The predicted molar refractivity (Wildman–Crippen MR) is 79.7 cm³/mol. The number of rotatable bonds is 9. The number of anilines is 3. The van der Waals surface area contributed by atoms with Gasteiger partial charge in [-0.3, -0.25) is 0 Å². The zero-order chi connectivity index (χ0) is 15.0. The lowest BCUT2D eigenvalue weighted by atomic mass is 10.5. The molecule has 0 spiro atoms. The second-order valence-corrected chi connectivity index (χ2v) is 4.38. The molecule has 0 radical (unpaired) electrons. The smallest absolute Gasteiger partial charge is 0.232 e. The standard InChI is InChI=1S/C12H24N6O2/c1-13-10-14-11(17(2)3)16-12(15-10)18(6-8-19-4)7-9-20-5/h6-9H2,1-5H3,(H,13,14,15,16). The zero-order valence-electron chi connectivity index (χ0n) is 12.9. The highest BCUT2D eigenvalue weighted by molar-refractivity contribution is 5.44. The highest BCUT2D eigenvalue weighted by atomic mass is 16.5. The molecule has 8 nitrogen and oxygen atoms in total. The summed E-state index contributed by atoms with van der Waals surface area (Å²) >= 11 is 0. The van der Waals surface area contributed by atoms with Crippen molar-refractivity contribution in [3.05, 3.63) is 0 Å². The Hall–Kier alpha value is -1.67. The third-order valence-electron chi connectivity index (χ3n) is 2.65. The number of nitrogens with one attached hydrogen (secondary N) is 1. The number of ether oxygens (including phenoxy) is 2. The van der Waals surface area contributed by atoms with E-state index in [9.17, 15) is 0 Å². The van der Waals surface area contributed by atoms with Gasteiger partial charge >= 0.3 is 0 Å². The van der Waals surface area contributed by atoms with Gasteiger partial charge in [0.1, 0.15) is 0 Å². The van der Waals surface area contributed by atoms with Crippen molar-refractivity contribution in [2.45, 2.75) is 0 Å². The van der Waals surface area contributed by atoms with E-state index in [0.717, 1.165) is 0 Å². The molecule has 0 saturated heterocycles. The maximum Gasteiger partial charge on any atom is 0.232 e. The lowest BCUT2D eigenvalue weighted by molar-refractivity contribution is 0.189. The van der Waals surface area contributed by atoms with Crippen LogP contribution in [0.15, 0.2) is 0 Å². The third-order valence-corrected chi connectivity index (χ3v) is 2.65. The molecule has 0 unspecified atom stereocenters. The van der Waals surface area contributed by atoms with E-state index in [0.29, 0.717) is 44.1 Å². The Bertz CT molecular complexity index is 394. The molecule has 1 aromatic heterocycles. The van der Waals surface area contributed by atoms with E-state index in [4.69, 9.17) is 9.47 Å². The first kappa shape index (κ1) is 16.4. The molecule has 0 aromatic carbocycles. The summed E-state index contributed by atoms with van der Waals surface area (Å²) in [5, 5.41) is 2.95. The average molecular weight is 284 g/mol. The Kier molecular flexibility index (Phi) is 6.96. The Morgan fingerprint density at radius 1 is 0.950 bits per heavy atom. The van der Waals surface area contributed by atoms with Crippen LogP contribution < -0.4 is 15.1 Å². The fraction of sp³-hybridized carbons (Fsp3) is 0.750. The van der Waals surface area contributed by atoms with Crippen molar-refractivity contribution < 1.29 is 9.47 Å². The molecule has 0 aliphatic rings. The molecular weight excluding hydrogens is 260 g/mol. The summed E-state index contributed by atoms with van der Waals surface area (Å²) < 4.78 is 10.3. The number of hydrogen-bond acceptors (Lipinski definition) is 8. The van der Waals surface area contributed by atoms with Crippen LogP contribution in [-0.2, 0) is 9.47 Å². The van der Waals surface area contributed by atoms with Gasteiger partial charge in [0.05, 0.1) is 13.2 Å². The van der Waals surface area contributed by atoms with E-state index < -0.39 is 0 Å². The van der Waals surface area contributed by atoms with Crippen LogP contribution in [0.4, 0.5) is 17.8 Å². The van der Waals surface area contributed by atoms with Gasteiger partial charge in [0.15, 0.2) is 0 Å². The monoisotopic (exact) mass is 284 g/mol. The minimum atomic E-state index is 0.540. The van der Waals surface area contributed by atoms with Gasteiger partial charge in [0, 0.05) is 48.5 Å². The van der Waals surface area contributed by atoms with E-state index in [1.165, 1.54) is 0 Å². The first-order valence-corrected chi connectivity index (χ1v) is 6.46. The third kappa shape index (κ3) is 4.78. The van der Waals surface area contributed by atoms with Gasteiger partial charge in [-0.1, -0.05) is 0 Å². The molecule has 8 heteroatoms. The Morgan fingerprint density at radius 3 is 1.95 bits per heavy atom. The van der Waals surface area contributed by atoms with Gasteiger partial charge in [0.25, 0.3) is 0 Å². The molecule has 0 aliphatic carbocycles. The largest absolute Gasteiger partial charge is 0.383 e. The first-order valence-electron chi connectivity index (χ1n) is 6.46. The summed E-state index contributed by atoms with van der Waals surface area (Å²) in [6.45, 7) is 2.59. The lowest BCUT2D eigenvalue weighted by Gasteiger charge is -2.23. The van der Waals surface area contributed by atoms with Crippen LogP contribution in [0.3, 0.4) is 0 Å². The van der Waals surface area contributed by atoms with Crippen LogP contribution in [0, 0.1) is 0 Å². The quantitative estimate of drug-likeness (QED) is 0.683. The molecule has 0 aliphatic heterocycles. The van der Waals surface area contributed by atoms with Gasteiger partial charge in [-0.05, 0) is 0 Å². The average Bonchev–Trinajstić information content (AvgIpc) is 2.46. The SMILES string of the molecule is CNc1nc(N(C)C)nc(N(CCOC)CCOC)n1. The van der Waals surface area contributed by atoms with E-state index in [1.54, 1.807) is 21.3 Å². The van der Waals surface area contributed by atoms with Gasteiger partial charge in [-0.15, -0.1) is 0 Å². The van der Waals surface area contributed by atoms with Crippen LogP contribution in [0.1, 0.15) is 0 Å². The number of hydrogen-bond donors (Lipinski definition) is 1. The van der Waals surface area contributed by atoms with Gasteiger partial charge < -0.3 is 24.6 Å². The maximum absolute atomic E-state index is 5.13. The molecule has 1 aromatic rings. The Labute approximate surface area is 120 Å². The lowest BCUT2D eigenvalue weighted by Crippen LogP contribution is -2.33. The highest BCUT2D eigenvalue weighted by Gasteiger charge is 2.14. The summed E-state index contributed by atoms with van der Waals surface area (Å²) in [7, 11) is 8.92. The number of methoxy groups -OCH3 is 2. The Balaban J connectivity index is 2.99. The fourth-order valence-corrected chi connectivity index (χ4v) is 1.52. The highest BCUT2D eigenvalue weighted by Crippen LogP contribution is 2.14. The maximum atomic E-state index is 5.13. The molecule has 1 N–H and O–H groups in total. The molecule has 0 atom stereocenters. The van der Waals surface area contributed by atoms with E-state index in [1.807, 2.05) is 23.9 Å². The topological polar surface area (TPSA) is 75.6 Å². The van der Waals surface area contributed by atoms with Crippen LogP contribution in [0.2, 0.25) is 0 Å². The summed E-state index contributed by atoms with van der Waals surface area (Å²) in [6.07, 6.45) is 0. The van der Waals surface area contributed by atoms with Crippen molar-refractivity contribution in [3.63, 3.8) is 0 Å². The molecule has 0 bridgehead atoms. The minimum Gasteiger partial charge on any atom is -0.383 e. The summed E-state index contributed by atoms with van der Waals surface area (Å²) in [5.41, 5.74) is 0. The van der Waals surface area contributed by atoms with E-state index in [-0.39, 0.29) is 0 Å². The summed E-state index contributed by atoms with van der Waals surface area (Å²) in [4.78, 5) is 17.0. The molecule has 20 heavy (non-hydrogen) atoms. The second kappa shape index (κ2) is 8.49. The van der Waals surface area contributed by atoms with Crippen molar-refractivity contribution >= 4 is 17.8 Å². The summed E-state index contributed by atoms with van der Waals surface area (Å²) in [6, 6.07) is 0. The van der Waals surface area contributed by atoms with E-state index >= 15 is 0 Å². The van der Waals surface area contributed by atoms with Gasteiger partial charge in [-0.2, -0.15) is 15.0 Å². The molecule has 1 heterocycles. The van der Waals surface area contributed by atoms with Crippen molar-refractivity contribution in [1.29, 1.82) is 0 Å². The van der Waals surface area contributed by atoms with Crippen LogP contribution in [0.5, 0.6) is 0 Å². The first-order chi connectivity index (χ1) is 9.62. The Morgan fingerprint density at radius 2 is 1.50 bits per heavy atom. The second-order valence-electron chi connectivity index (χ2n) is 4.38. The van der Waals surface area contributed by atoms with Crippen molar-refractivity contribution in [3.8, 4) is 0 Å². The molecule has 0 amide bonds. The van der Waals surface area contributed by atoms with E-state index in [2.05, 4.69) is 20.3 Å². The van der Waals surface area contributed by atoms with Crippen molar-refractivity contribution in [2.24, 2.45) is 0 Å². The molecule has 114 valence electrons. The minimum absolute atomic E-state index is 0.540. The molecular formula is C12H24N6O2. The van der Waals surface area contributed by atoms with Gasteiger partial charge in [-0.25, -0.2) is 0 Å². The van der Waals surface area contributed by atoms with Crippen molar-refractivity contribution in [1.82, 2.24) is 15.0 Å². The predicted octanol–water partition coefficient (Wildman–Crippen LogP) is 0.0785. The summed E-state index contributed by atoms with van der Waals surface area (Å²) in [5.74, 6) is 1.76. The molecule has 1 rings (SSSR count). The van der Waals surface area contributed by atoms with Crippen molar-refractivity contribution in [2.75, 3.05) is 76.8 Å². The fourth-order valence-electron chi connectivity index (χ4n) is 1.52. The number of aromatic nitrogens is 3. The van der Waals surface area contributed by atoms with Crippen LogP contribution >= 0.6 is 0 Å². The molecule has 0 saturated carbocycles. The zero-order valence-corrected chi connectivity index (χ0v) is 12.9. The van der Waals surface area contributed by atoms with Crippen LogP contribution in [0.25, 0.3) is 0 Å². The van der Waals surface area contributed by atoms with Gasteiger partial charge in [0.2, 0.25) is 17.8 Å². The normalized spacial score (nSPS) is 10.4. The number of nitrogens with zero attached hydrogens (tertiary/aromatic N) is 5. The molecule has 0 fully saturated rings.